The molecule has 2 aromatic rings. The smallest absolute Gasteiger partial charge is 0.279 e. The van der Waals surface area contributed by atoms with Crippen LogP contribution in [0.5, 0.6) is 5.75 Å². The van der Waals surface area contributed by atoms with E-state index in [1.807, 2.05) is 7.05 Å². The van der Waals surface area contributed by atoms with Crippen LogP contribution < -0.4 is 15.0 Å². The Morgan fingerprint density at radius 3 is 2.30 bits per heavy atom. The van der Waals surface area contributed by atoms with Crippen molar-refractivity contribution in [1.29, 1.82) is 0 Å². The van der Waals surface area contributed by atoms with Gasteiger partial charge in [0.25, 0.3) is 5.91 Å². The van der Waals surface area contributed by atoms with Crippen LogP contribution in [0.25, 0.3) is 0 Å². The molecular weight excluding hydrogens is 335 g/mol. The topological polar surface area (TPSA) is 42.8 Å². The summed E-state index contributed by atoms with van der Waals surface area (Å²) in [5.41, 5.74) is 1.59. The molecule has 2 N–H and O–H groups in total. The number of amides is 1. The van der Waals surface area contributed by atoms with Crippen molar-refractivity contribution in [2.45, 2.75) is 6.54 Å². The van der Waals surface area contributed by atoms with Gasteiger partial charge in [-0.15, -0.1) is 0 Å². The molecule has 0 aliphatic carbocycles. The van der Waals surface area contributed by atoms with Gasteiger partial charge in [-0.1, -0.05) is 29.3 Å². The minimum atomic E-state index is -0.0733. The standard InChI is InChI=1S/C17H18Cl2N2O2/c1-21(10-14-15(18)4-3-5-16(14)19)11-17(22)20-12-6-8-13(23-2)9-7-12/h3-9H,10-11H2,1-2H3,(H,20,22)/p+1. The third-order valence-corrected chi connectivity index (χ3v) is 4.08. The van der Waals surface area contributed by atoms with Crippen LogP contribution in [-0.2, 0) is 11.3 Å². The van der Waals surface area contributed by atoms with Crippen molar-refractivity contribution in [2.24, 2.45) is 0 Å². The Hall–Kier alpha value is -1.75. The Morgan fingerprint density at radius 2 is 1.74 bits per heavy atom. The summed E-state index contributed by atoms with van der Waals surface area (Å²) in [6.45, 7) is 0.891. The molecule has 122 valence electrons. The predicted molar refractivity (Wildman–Crippen MR) is 93.5 cm³/mol. The van der Waals surface area contributed by atoms with Crippen LogP contribution in [0.15, 0.2) is 42.5 Å². The second-order valence-corrected chi connectivity index (χ2v) is 6.10. The van der Waals surface area contributed by atoms with Crippen LogP contribution >= 0.6 is 23.2 Å². The van der Waals surface area contributed by atoms with E-state index in [9.17, 15) is 4.79 Å². The van der Waals surface area contributed by atoms with E-state index in [0.717, 1.165) is 21.9 Å². The third kappa shape index (κ3) is 5.13. The maximum absolute atomic E-state index is 12.1. The van der Waals surface area contributed by atoms with Gasteiger partial charge in [0.2, 0.25) is 0 Å². The first-order chi connectivity index (χ1) is 11.0. The Balaban J connectivity index is 1.91. The molecule has 0 bridgehead atoms. The van der Waals surface area contributed by atoms with Gasteiger partial charge in [0.1, 0.15) is 12.3 Å². The Labute approximate surface area is 146 Å². The summed E-state index contributed by atoms with van der Waals surface area (Å²) in [6.07, 6.45) is 0. The highest BCUT2D eigenvalue weighted by atomic mass is 35.5. The predicted octanol–water partition coefficient (Wildman–Crippen LogP) is 2.66. The molecule has 2 rings (SSSR count). The zero-order chi connectivity index (χ0) is 16.8. The Kier molecular flexibility index (Phi) is 6.28. The van der Waals surface area contributed by atoms with Crippen LogP contribution in [0.4, 0.5) is 5.69 Å². The SMILES string of the molecule is COc1ccc(NC(=O)C[NH+](C)Cc2c(Cl)cccc2Cl)cc1. The van der Waals surface area contributed by atoms with E-state index in [0.29, 0.717) is 23.1 Å². The maximum Gasteiger partial charge on any atom is 0.279 e. The first-order valence-corrected chi connectivity index (χ1v) is 7.93. The summed E-state index contributed by atoms with van der Waals surface area (Å²) in [6, 6.07) is 12.6. The molecule has 1 unspecified atom stereocenters. The molecule has 2 aromatic carbocycles. The largest absolute Gasteiger partial charge is 0.497 e. The van der Waals surface area contributed by atoms with Crippen molar-refractivity contribution in [2.75, 3.05) is 26.0 Å². The normalized spacial score (nSPS) is 11.8. The van der Waals surface area contributed by atoms with Crippen molar-refractivity contribution in [3.05, 3.63) is 58.1 Å². The van der Waals surface area contributed by atoms with E-state index in [4.69, 9.17) is 27.9 Å². The van der Waals surface area contributed by atoms with Crippen molar-refractivity contribution < 1.29 is 14.4 Å². The molecule has 0 fully saturated rings. The number of methoxy groups -OCH3 is 1. The summed E-state index contributed by atoms with van der Waals surface area (Å²) in [5.74, 6) is 0.676. The van der Waals surface area contributed by atoms with Gasteiger partial charge in [-0.3, -0.25) is 4.79 Å². The van der Waals surface area contributed by atoms with Gasteiger partial charge < -0.3 is 15.0 Å². The average Bonchev–Trinajstić information content (AvgIpc) is 2.51. The fourth-order valence-corrected chi connectivity index (χ4v) is 2.75. The highest BCUT2D eigenvalue weighted by Gasteiger charge is 2.14. The summed E-state index contributed by atoms with van der Waals surface area (Å²) in [7, 11) is 3.53. The fraction of sp³-hybridized carbons (Fsp3) is 0.235. The number of benzene rings is 2. The summed E-state index contributed by atoms with van der Waals surface area (Å²) in [5, 5.41) is 4.09. The molecule has 0 saturated carbocycles. The zero-order valence-corrected chi connectivity index (χ0v) is 14.5. The molecule has 0 aromatic heterocycles. The molecule has 1 atom stereocenters. The average molecular weight is 354 g/mol. The van der Waals surface area contributed by atoms with E-state index < -0.39 is 0 Å². The lowest BCUT2D eigenvalue weighted by Gasteiger charge is -2.15. The molecule has 0 radical (unpaired) electrons. The quantitative estimate of drug-likeness (QED) is 0.838. The molecular formula is C17H19Cl2N2O2+. The summed E-state index contributed by atoms with van der Waals surface area (Å²) < 4.78 is 5.09. The van der Waals surface area contributed by atoms with Gasteiger partial charge in [0.15, 0.2) is 6.54 Å². The third-order valence-electron chi connectivity index (χ3n) is 3.38. The lowest BCUT2D eigenvalue weighted by molar-refractivity contribution is -0.885. The van der Waals surface area contributed by atoms with E-state index >= 15 is 0 Å². The Morgan fingerprint density at radius 1 is 1.13 bits per heavy atom. The Bertz CT molecular complexity index is 655. The van der Waals surface area contributed by atoms with Crippen LogP contribution in [0.1, 0.15) is 5.56 Å². The van der Waals surface area contributed by atoms with E-state index in [2.05, 4.69) is 5.32 Å². The van der Waals surface area contributed by atoms with Crippen molar-refractivity contribution in [3.63, 3.8) is 0 Å². The van der Waals surface area contributed by atoms with Gasteiger partial charge in [-0.2, -0.15) is 0 Å². The van der Waals surface area contributed by atoms with Crippen molar-refractivity contribution in [1.82, 2.24) is 0 Å². The van der Waals surface area contributed by atoms with Gasteiger partial charge in [0.05, 0.1) is 24.2 Å². The number of carbonyl (C=O) groups excluding carboxylic acids is 1. The van der Waals surface area contributed by atoms with Crippen molar-refractivity contribution in [3.8, 4) is 5.75 Å². The second kappa shape index (κ2) is 8.20. The molecule has 0 heterocycles. The molecule has 1 amide bonds. The van der Waals surface area contributed by atoms with Crippen molar-refractivity contribution >= 4 is 34.8 Å². The van der Waals surface area contributed by atoms with E-state index in [-0.39, 0.29) is 5.91 Å². The number of hydrogen-bond donors (Lipinski definition) is 2. The molecule has 23 heavy (non-hydrogen) atoms. The fourth-order valence-electron chi connectivity index (χ4n) is 2.22. The molecule has 0 spiro atoms. The number of likely N-dealkylation sites (N-methyl/N-ethyl adjacent to an activating group) is 1. The van der Waals surface area contributed by atoms with E-state index in [1.54, 1.807) is 49.6 Å². The van der Waals surface area contributed by atoms with Crippen LogP contribution in [-0.4, -0.2) is 26.6 Å². The van der Waals surface area contributed by atoms with Crippen LogP contribution in [0.3, 0.4) is 0 Å². The number of rotatable bonds is 6. The number of ether oxygens (including phenoxy) is 1. The van der Waals surface area contributed by atoms with E-state index in [1.165, 1.54) is 0 Å². The first kappa shape index (κ1) is 17.6. The molecule has 6 heteroatoms. The molecule has 0 aliphatic rings. The second-order valence-electron chi connectivity index (χ2n) is 5.29. The summed E-state index contributed by atoms with van der Waals surface area (Å²) in [4.78, 5) is 13.1. The minimum absolute atomic E-state index is 0.0733. The highest BCUT2D eigenvalue weighted by molar-refractivity contribution is 6.35. The summed E-state index contributed by atoms with van der Waals surface area (Å²) >= 11 is 12.3. The number of carbonyl (C=O) groups is 1. The monoisotopic (exact) mass is 353 g/mol. The number of nitrogens with one attached hydrogen (secondary N) is 2. The molecule has 0 aliphatic heterocycles. The van der Waals surface area contributed by atoms with Gasteiger partial charge in [0, 0.05) is 11.3 Å². The maximum atomic E-state index is 12.1. The lowest BCUT2D eigenvalue weighted by atomic mass is 10.2. The number of halogens is 2. The number of anilines is 1. The highest BCUT2D eigenvalue weighted by Crippen LogP contribution is 2.23. The first-order valence-electron chi connectivity index (χ1n) is 7.17. The lowest BCUT2D eigenvalue weighted by Crippen LogP contribution is -3.08. The zero-order valence-electron chi connectivity index (χ0n) is 13.0. The number of hydrogen-bond acceptors (Lipinski definition) is 2. The van der Waals surface area contributed by atoms with Gasteiger partial charge >= 0.3 is 0 Å². The molecule has 4 nitrogen and oxygen atoms in total. The molecule has 0 saturated heterocycles. The van der Waals surface area contributed by atoms with Gasteiger partial charge in [-0.05, 0) is 36.4 Å². The minimum Gasteiger partial charge on any atom is -0.497 e. The van der Waals surface area contributed by atoms with Gasteiger partial charge in [-0.25, -0.2) is 0 Å². The number of quaternary nitrogens is 1. The van der Waals surface area contributed by atoms with Crippen LogP contribution in [0, 0.1) is 0 Å². The van der Waals surface area contributed by atoms with Crippen LogP contribution in [0.2, 0.25) is 10.0 Å².